The highest BCUT2D eigenvalue weighted by Crippen LogP contribution is 2.23. The number of hydrogen-bond acceptors (Lipinski definition) is 2. The van der Waals surface area contributed by atoms with Gasteiger partial charge in [0.15, 0.2) is 0 Å². The van der Waals surface area contributed by atoms with E-state index < -0.39 is 0 Å². The molecule has 3 atom stereocenters. The Hall–Kier alpha value is -0.570. The first-order chi connectivity index (χ1) is 10.2. The Balaban J connectivity index is 2.63. The average molecular weight is 296 g/mol. The second-order valence-electron chi connectivity index (χ2n) is 6.57. The number of hydrogen-bond donors (Lipinski definition) is 1. The van der Waals surface area contributed by atoms with Gasteiger partial charge < -0.3 is 4.90 Å². The third kappa shape index (κ3) is 5.61. The third-order valence-electron chi connectivity index (χ3n) is 4.76. The van der Waals surface area contributed by atoms with Crippen molar-refractivity contribution in [1.29, 1.82) is 0 Å². The summed E-state index contributed by atoms with van der Waals surface area (Å²) in [5, 5.41) is 3.59. The summed E-state index contributed by atoms with van der Waals surface area (Å²) in [6.45, 7) is 9.86. The van der Waals surface area contributed by atoms with Crippen molar-refractivity contribution >= 4 is 5.91 Å². The van der Waals surface area contributed by atoms with E-state index in [0.29, 0.717) is 11.8 Å². The van der Waals surface area contributed by atoms with Gasteiger partial charge in [-0.25, -0.2) is 0 Å². The highest BCUT2D eigenvalue weighted by atomic mass is 16.2. The van der Waals surface area contributed by atoms with E-state index in [9.17, 15) is 4.79 Å². The molecule has 3 unspecified atom stereocenters. The summed E-state index contributed by atoms with van der Waals surface area (Å²) in [7, 11) is 0. The summed E-state index contributed by atoms with van der Waals surface area (Å²) >= 11 is 0. The molecular formula is C18H36N2O. The van der Waals surface area contributed by atoms with Crippen molar-refractivity contribution in [2.24, 2.45) is 5.92 Å². The number of nitrogens with zero attached hydrogens (tertiary/aromatic N) is 1. The lowest BCUT2D eigenvalue weighted by Crippen LogP contribution is -2.40. The molecule has 1 amide bonds. The summed E-state index contributed by atoms with van der Waals surface area (Å²) in [6.07, 6.45) is 10.8. The van der Waals surface area contributed by atoms with Crippen LogP contribution < -0.4 is 5.32 Å². The molecule has 1 N–H and O–H groups in total. The Bertz CT molecular complexity index is 293. The summed E-state index contributed by atoms with van der Waals surface area (Å²) < 4.78 is 0. The summed E-state index contributed by atoms with van der Waals surface area (Å²) in [4.78, 5) is 14.8. The fraction of sp³-hybridized carbons (Fsp3) is 0.944. The monoisotopic (exact) mass is 296 g/mol. The molecule has 0 aromatic rings. The van der Waals surface area contributed by atoms with Crippen molar-refractivity contribution in [3.05, 3.63) is 0 Å². The molecule has 1 aliphatic rings. The second kappa shape index (κ2) is 10.2. The van der Waals surface area contributed by atoms with Crippen molar-refractivity contribution < 1.29 is 4.79 Å². The van der Waals surface area contributed by atoms with Gasteiger partial charge in [0.1, 0.15) is 0 Å². The van der Waals surface area contributed by atoms with E-state index in [1.165, 1.54) is 25.7 Å². The zero-order chi connectivity index (χ0) is 15.7. The molecule has 0 bridgehead atoms. The van der Waals surface area contributed by atoms with Gasteiger partial charge in [-0.1, -0.05) is 66.2 Å². The molecule has 1 rings (SSSR count). The lowest BCUT2D eigenvalue weighted by molar-refractivity contribution is -0.130. The minimum Gasteiger partial charge on any atom is -0.326 e. The van der Waals surface area contributed by atoms with E-state index in [1.807, 2.05) is 0 Å². The number of amides is 1. The molecule has 0 aliphatic carbocycles. The predicted molar refractivity (Wildman–Crippen MR) is 90.2 cm³/mol. The highest BCUT2D eigenvalue weighted by molar-refractivity contribution is 5.84. The molecular weight excluding hydrogens is 260 g/mol. The summed E-state index contributed by atoms with van der Waals surface area (Å²) in [6, 6.07) is 0.0742. The number of carbonyl (C=O) groups excluding carboxylic acids is 1. The zero-order valence-electron chi connectivity index (χ0n) is 14.7. The van der Waals surface area contributed by atoms with E-state index in [-0.39, 0.29) is 12.2 Å². The fourth-order valence-electron chi connectivity index (χ4n) is 3.29. The van der Waals surface area contributed by atoms with Crippen molar-refractivity contribution in [2.45, 2.75) is 97.7 Å². The second-order valence-corrected chi connectivity index (χ2v) is 6.57. The van der Waals surface area contributed by atoms with E-state index in [2.05, 4.69) is 37.9 Å². The Morgan fingerprint density at radius 1 is 1.05 bits per heavy atom. The minimum absolute atomic E-state index is 0.0742. The van der Waals surface area contributed by atoms with Crippen LogP contribution in [-0.2, 0) is 4.79 Å². The van der Waals surface area contributed by atoms with Crippen LogP contribution in [0.4, 0.5) is 0 Å². The Morgan fingerprint density at radius 2 is 1.76 bits per heavy atom. The molecule has 3 nitrogen and oxygen atoms in total. The molecule has 1 aliphatic heterocycles. The van der Waals surface area contributed by atoms with Crippen molar-refractivity contribution in [3.8, 4) is 0 Å². The normalized spacial score (nSPS) is 23.8. The van der Waals surface area contributed by atoms with Crippen molar-refractivity contribution in [3.63, 3.8) is 0 Å². The zero-order valence-corrected chi connectivity index (χ0v) is 14.7. The quantitative estimate of drug-likeness (QED) is 0.616. The third-order valence-corrected chi connectivity index (χ3v) is 4.76. The molecule has 1 fully saturated rings. The molecule has 1 heterocycles. The van der Waals surface area contributed by atoms with Crippen LogP contribution in [0, 0.1) is 5.92 Å². The van der Waals surface area contributed by atoms with Gasteiger partial charge in [0, 0.05) is 6.54 Å². The lowest BCUT2D eigenvalue weighted by atomic mass is 9.98. The lowest BCUT2D eigenvalue weighted by Gasteiger charge is -2.28. The number of unbranched alkanes of at least 4 members (excludes halogenated alkanes) is 2. The Labute approximate surface area is 131 Å². The first-order valence-electron chi connectivity index (χ1n) is 9.24. The topological polar surface area (TPSA) is 32.3 Å². The van der Waals surface area contributed by atoms with Crippen molar-refractivity contribution in [1.82, 2.24) is 10.2 Å². The number of carbonyl (C=O) groups is 1. The van der Waals surface area contributed by atoms with Crippen LogP contribution >= 0.6 is 0 Å². The SMILES string of the molecule is CCCCC(CC)CN1C(=O)C(CCCC)NC1CCC. The van der Waals surface area contributed by atoms with Gasteiger partial charge in [0.2, 0.25) is 5.91 Å². The molecule has 3 heteroatoms. The van der Waals surface area contributed by atoms with Gasteiger partial charge in [-0.05, 0) is 25.2 Å². The van der Waals surface area contributed by atoms with Gasteiger partial charge in [0.05, 0.1) is 12.2 Å². The van der Waals surface area contributed by atoms with Crippen LogP contribution in [0.1, 0.15) is 85.5 Å². The van der Waals surface area contributed by atoms with E-state index in [1.54, 1.807) is 0 Å². The molecule has 0 saturated carbocycles. The average Bonchev–Trinajstić information content (AvgIpc) is 2.78. The van der Waals surface area contributed by atoms with E-state index >= 15 is 0 Å². The maximum atomic E-state index is 12.7. The fourth-order valence-corrected chi connectivity index (χ4v) is 3.29. The minimum atomic E-state index is 0.0742. The van der Waals surface area contributed by atoms with Crippen LogP contribution in [-0.4, -0.2) is 29.6 Å². The Kier molecular flexibility index (Phi) is 8.98. The van der Waals surface area contributed by atoms with Gasteiger partial charge in [-0.15, -0.1) is 0 Å². The van der Waals surface area contributed by atoms with Gasteiger partial charge in [-0.2, -0.15) is 0 Å². The van der Waals surface area contributed by atoms with Crippen LogP contribution in [0.2, 0.25) is 0 Å². The largest absolute Gasteiger partial charge is 0.326 e. The number of nitrogens with one attached hydrogen (secondary N) is 1. The maximum Gasteiger partial charge on any atom is 0.241 e. The predicted octanol–water partition coefficient (Wildman–Crippen LogP) is 4.32. The maximum absolute atomic E-state index is 12.7. The summed E-state index contributed by atoms with van der Waals surface area (Å²) in [5.41, 5.74) is 0. The number of rotatable bonds is 11. The Morgan fingerprint density at radius 3 is 2.33 bits per heavy atom. The molecule has 0 radical (unpaired) electrons. The van der Waals surface area contributed by atoms with Crippen LogP contribution in [0.3, 0.4) is 0 Å². The van der Waals surface area contributed by atoms with Crippen LogP contribution in [0.5, 0.6) is 0 Å². The highest BCUT2D eigenvalue weighted by Gasteiger charge is 2.38. The first kappa shape index (κ1) is 18.5. The van der Waals surface area contributed by atoms with Gasteiger partial charge in [0.25, 0.3) is 0 Å². The van der Waals surface area contributed by atoms with Crippen LogP contribution in [0.25, 0.3) is 0 Å². The molecule has 0 aromatic heterocycles. The van der Waals surface area contributed by atoms with Gasteiger partial charge >= 0.3 is 0 Å². The molecule has 124 valence electrons. The smallest absolute Gasteiger partial charge is 0.241 e. The molecule has 1 saturated heterocycles. The first-order valence-corrected chi connectivity index (χ1v) is 9.24. The van der Waals surface area contributed by atoms with E-state index in [0.717, 1.165) is 38.6 Å². The standard InChI is InChI=1S/C18H36N2O/c1-5-9-12-15(8-4)14-20-17(11-7-3)19-16(18(20)21)13-10-6-2/h15-17,19H,5-14H2,1-4H3. The van der Waals surface area contributed by atoms with Crippen molar-refractivity contribution in [2.75, 3.05) is 6.54 Å². The summed E-state index contributed by atoms with van der Waals surface area (Å²) in [5.74, 6) is 1.02. The molecule has 0 aromatic carbocycles. The van der Waals surface area contributed by atoms with Gasteiger partial charge in [-0.3, -0.25) is 10.1 Å². The van der Waals surface area contributed by atoms with E-state index in [4.69, 9.17) is 0 Å². The van der Waals surface area contributed by atoms with Crippen LogP contribution in [0.15, 0.2) is 0 Å². The molecule has 21 heavy (non-hydrogen) atoms. The molecule has 0 spiro atoms.